The number of carbonyl (C=O) groups excluding carboxylic acids is 3. The van der Waals surface area contributed by atoms with E-state index in [0.29, 0.717) is 23.1 Å². The van der Waals surface area contributed by atoms with E-state index >= 15 is 0 Å². The van der Waals surface area contributed by atoms with Crippen LogP contribution in [0.1, 0.15) is 37.5 Å². The van der Waals surface area contributed by atoms with Gasteiger partial charge in [0.05, 0.1) is 29.0 Å². The van der Waals surface area contributed by atoms with Gasteiger partial charge in [-0.1, -0.05) is 12.1 Å². The number of fused-ring (bicyclic) bond motifs is 1. The second-order valence-electron chi connectivity index (χ2n) is 6.18. The van der Waals surface area contributed by atoms with Crippen molar-refractivity contribution in [1.29, 1.82) is 0 Å². The van der Waals surface area contributed by atoms with Gasteiger partial charge in [-0.3, -0.25) is 14.5 Å². The molecule has 0 atom stereocenters. The summed E-state index contributed by atoms with van der Waals surface area (Å²) in [5, 5.41) is 4.02. The van der Waals surface area contributed by atoms with Gasteiger partial charge in [0.2, 0.25) is 0 Å². The van der Waals surface area contributed by atoms with Crippen LogP contribution < -0.4 is 0 Å². The lowest BCUT2D eigenvalue weighted by atomic mass is 10.1. The Morgan fingerprint density at radius 2 is 1.64 bits per heavy atom. The largest absolute Gasteiger partial charge is 0.462 e. The van der Waals surface area contributed by atoms with Crippen molar-refractivity contribution in [3.8, 4) is 5.69 Å². The number of aromatic nitrogens is 3. The van der Waals surface area contributed by atoms with Gasteiger partial charge in [0, 0.05) is 6.54 Å². The number of amides is 2. The van der Waals surface area contributed by atoms with E-state index in [4.69, 9.17) is 4.74 Å². The van der Waals surface area contributed by atoms with Crippen molar-refractivity contribution >= 4 is 17.8 Å². The quantitative estimate of drug-likeness (QED) is 0.372. The molecule has 140 valence electrons. The highest BCUT2D eigenvalue weighted by atomic mass is 16.5. The molecule has 3 aromatic rings. The Hall–Kier alpha value is -3.81. The summed E-state index contributed by atoms with van der Waals surface area (Å²) in [4.78, 5) is 41.7. The van der Waals surface area contributed by atoms with Crippen LogP contribution in [0.3, 0.4) is 0 Å². The number of esters is 1. The van der Waals surface area contributed by atoms with Gasteiger partial charge in [0.25, 0.3) is 11.8 Å². The molecule has 0 N–H and O–H groups in total. The van der Waals surface area contributed by atoms with Crippen molar-refractivity contribution in [2.45, 2.75) is 6.42 Å². The van der Waals surface area contributed by atoms with Crippen molar-refractivity contribution < 1.29 is 19.1 Å². The van der Waals surface area contributed by atoms with Crippen molar-refractivity contribution in [2.24, 2.45) is 0 Å². The van der Waals surface area contributed by atoms with Gasteiger partial charge in [-0.2, -0.15) is 5.10 Å². The number of hydrogen-bond donors (Lipinski definition) is 0. The summed E-state index contributed by atoms with van der Waals surface area (Å²) < 4.78 is 6.82. The Kier molecular flexibility index (Phi) is 4.67. The Balaban J connectivity index is 1.28. The molecule has 0 bridgehead atoms. The van der Waals surface area contributed by atoms with E-state index < -0.39 is 5.97 Å². The first-order chi connectivity index (χ1) is 13.6. The van der Waals surface area contributed by atoms with Crippen LogP contribution in [0.2, 0.25) is 0 Å². The molecule has 1 aromatic heterocycles. The summed E-state index contributed by atoms with van der Waals surface area (Å²) in [6.07, 6.45) is 3.36. The van der Waals surface area contributed by atoms with E-state index in [1.165, 1.54) is 11.2 Å². The molecule has 1 aliphatic heterocycles. The molecule has 0 radical (unpaired) electrons. The molecule has 0 aliphatic carbocycles. The van der Waals surface area contributed by atoms with Crippen LogP contribution in [-0.4, -0.2) is 50.6 Å². The van der Waals surface area contributed by atoms with Crippen molar-refractivity contribution in [3.63, 3.8) is 0 Å². The predicted molar refractivity (Wildman–Crippen MR) is 98.1 cm³/mol. The molecule has 0 saturated carbocycles. The number of hydrogen-bond acceptors (Lipinski definition) is 6. The predicted octanol–water partition coefficient (Wildman–Crippen LogP) is 2.11. The van der Waals surface area contributed by atoms with Crippen LogP contribution in [0.5, 0.6) is 0 Å². The molecule has 8 nitrogen and oxygen atoms in total. The summed E-state index contributed by atoms with van der Waals surface area (Å²) >= 11 is 0. The summed E-state index contributed by atoms with van der Waals surface area (Å²) in [7, 11) is 0. The highest BCUT2D eigenvalue weighted by Crippen LogP contribution is 2.22. The summed E-state index contributed by atoms with van der Waals surface area (Å²) in [6, 6.07) is 13.5. The fourth-order valence-electron chi connectivity index (χ4n) is 3.00. The monoisotopic (exact) mass is 376 g/mol. The van der Waals surface area contributed by atoms with Gasteiger partial charge >= 0.3 is 5.97 Å². The second kappa shape index (κ2) is 7.43. The zero-order chi connectivity index (χ0) is 19.5. The van der Waals surface area contributed by atoms with Gasteiger partial charge in [0.15, 0.2) is 0 Å². The van der Waals surface area contributed by atoms with E-state index in [1.807, 2.05) is 0 Å². The third-order valence-electron chi connectivity index (χ3n) is 4.42. The maximum absolute atomic E-state index is 12.3. The minimum Gasteiger partial charge on any atom is -0.462 e. The smallest absolute Gasteiger partial charge is 0.338 e. The van der Waals surface area contributed by atoms with Gasteiger partial charge < -0.3 is 4.74 Å². The lowest BCUT2D eigenvalue weighted by Gasteiger charge is -2.13. The number of benzene rings is 2. The average molecular weight is 376 g/mol. The molecule has 28 heavy (non-hydrogen) atoms. The molecule has 0 spiro atoms. The first-order valence-corrected chi connectivity index (χ1v) is 8.72. The Morgan fingerprint density at radius 1 is 0.964 bits per heavy atom. The van der Waals surface area contributed by atoms with Crippen molar-refractivity contribution in [3.05, 3.63) is 77.9 Å². The number of imide groups is 1. The van der Waals surface area contributed by atoms with E-state index in [1.54, 1.807) is 59.5 Å². The molecule has 0 saturated heterocycles. The van der Waals surface area contributed by atoms with Gasteiger partial charge in [0.1, 0.15) is 12.7 Å². The van der Waals surface area contributed by atoms with E-state index in [9.17, 15) is 14.4 Å². The number of ether oxygens (including phenoxy) is 1. The van der Waals surface area contributed by atoms with Crippen molar-refractivity contribution in [2.75, 3.05) is 13.2 Å². The molecule has 0 unspecified atom stereocenters. The summed E-state index contributed by atoms with van der Waals surface area (Å²) in [5.41, 5.74) is 2.01. The van der Waals surface area contributed by atoms with Crippen molar-refractivity contribution in [1.82, 2.24) is 19.7 Å². The molecule has 2 aromatic carbocycles. The second-order valence-corrected chi connectivity index (χ2v) is 6.18. The Bertz CT molecular complexity index is 994. The zero-order valence-electron chi connectivity index (χ0n) is 14.8. The summed E-state index contributed by atoms with van der Waals surface area (Å²) in [5.74, 6) is -1.08. The zero-order valence-corrected chi connectivity index (χ0v) is 14.8. The topological polar surface area (TPSA) is 94.4 Å². The molecule has 4 rings (SSSR count). The molecule has 1 aliphatic rings. The molecule has 2 heterocycles. The molecule has 2 amide bonds. The SMILES string of the molecule is O=C(OCCCN1C(=O)c2ccccc2C1=O)c1ccc(-n2cncn2)cc1. The fraction of sp³-hybridized carbons (Fsp3) is 0.150. The molecular formula is C20H16N4O4. The maximum Gasteiger partial charge on any atom is 0.338 e. The highest BCUT2D eigenvalue weighted by Gasteiger charge is 2.34. The van der Waals surface area contributed by atoms with Crippen LogP contribution in [0.4, 0.5) is 0 Å². The normalized spacial score (nSPS) is 12.9. The molecular weight excluding hydrogens is 360 g/mol. The van der Waals surface area contributed by atoms with Crippen LogP contribution >= 0.6 is 0 Å². The Labute approximate surface area is 160 Å². The summed E-state index contributed by atoms with van der Waals surface area (Å²) in [6.45, 7) is 0.307. The maximum atomic E-state index is 12.3. The van der Waals surface area contributed by atoms with Gasteiger partial charge in [-0.05, 0) is 42.8 Å². The van der Waals surface area contributed by atoms with Crippen LogP contribution in [0, 0.1) is 0 Å². The molecule has 8 heteroatoms. The van der Waals surface area contributed by atoms with Crippen LogP contribution in [0.15, 0.2) is 61.2 Å². The van der Waals surface area contributed by atoms with Gasteiger partial charge in [-0.15, -0.1) is 0 Å². The lowest BCUT2D eigenvalue weighted by Crippen LogP contribution is -2.31. The minimum absolute atomic E-state index is 0.108. The number of carbonyl (C=O) groups is 3. The molecule has 0 fully saturated rings. The van der Waals surface area contributed by atoms with Crippen LogP contribution in [-0.2, 0) is 4.74 Å². The Morgan fingerprint density at radius 3 is 2.25 bits per heavy atom. The lowest BCUT2D eigenvalue weighted by molar-refractivity contribution is 0.0482. The van der Waals surface area contributed by atoms with E-state index in [0.717, 1.165) is 5.69 Å². The third-order valence-corrected chi connectivity index (χ3v) is 4.42. The third kappa shape index (κ3) is 3.27. The fourth-order valence-corrected chi connectivity index (χ4v) is 3.00. The highest BCUT2D eigenvalue weighted by molar-refractivity contribution is 6.21. The first kappa shape index (κ1) is 17.6. The standard InChI is InChI=1S/C20H16N4O4/c25-18-16-4-1-2-5-17(16)19(26)23(18)10-3-11-28-20(27)14-6-8-15(9-7-14)24-13-21-12-22-24/h1-2,4-9,12-13H,3,10-11H2. The first-order valence-electron chi connectivity index (χ1n) is 8.72. The number of nitrogens with zero attached hydrogens (tertiary/aromatic N) is 4. The number of rotatable bonds is 6. The average Bonchev–Trinajstić information content (AvgIpc) is 3.35. The minimum atomic E-state index is -0.465. The van der Waals surface area contributed by atoms with Crippen LogP contribution in [0.25, 0.3) is 5.69 Å². The van der Waals surface area contributed by atoms with E-state index in [-0.39, 0.29) is 25.0 Å². The van der Waals surface area contributed by atoms with Gasteiger partial charge in [-0.25, -0.2) is 14.5 Å². The van der Waals surface area contributed by atoms with E-state index in [2.05, 4.69) is 10.1 Å².